The number of hydrogen-bond donors (Lipinski definition) is 2. The van der Waals surface area contributed by atoms with Crippen molar-refractivity contribution in [3.8, 4) is 17.1 Å². The molecule has 0 spiro atoms. The zero-order valence-electron chi connectivity index (χ0n) is 16.1. The maximum absolute atomic E-state index is 12.2. The molecule has 1 amide bonds. The SMILES string of the molecule is Cc1ccc(NC(=O)COc2ccccc2-c2nc3ccc([N+](=O)[O-])cc3[nH]2)cc1. The van der Waals surface area contributed by atoms with Crippen LogP contribution in [0.1, 0.15) is 5.56 Å². The number of ether oxygens (including phenoxy) is 1. The second kappa shape index (κ2) is 8.04. The summed E-state index contributed by atoms with van der Waals surface area (Å²) in [4.78, 5) is 30.3. The van der Waals surface area contributed by atoms with Gasteiger partial charge < -0.3 is 15.0 Å². The number of carbonyl (C=O) groups excluding carboxylic acids is 1. The Morgan fingerprint density at radius 3 is 2.67 bits per heavy atom. The molecule has 0 aliphatic heterocycles. The Hall–Kier alpha value is -4.20. The number of carbonyl (C=O) groups is 1. The van der Waals surface area contributed by atoms with Crippen LogP contribution in [-0.2, 0) is 4.79 Å². The minimum Gasteiger partial charge on any atom is -0.483 e. The molecular formula is C22H18N4O4. The maximum atomic E-state index is 12.2. The molecule has 0 aliphatic carbocycles. The van der Waals surface area contributed by atoms with Crippen LogP contribution in [0.15, 0.2) is 66.7 Å². The van der Waals surface area contributed by atoms with E-state index in [2.05, 4.69) is 15.3 Å². The summed E-state index contributed by atoms with van der Waals surface area (Å²) >= 11 is 0. The highest BCUT2D eigenvalue weighted by Crippen LogP contribution is 2.30. The first kappa shape index (κ1) is 19.1. The molecule has 1 aromatic heterocycles. The second-order valence-corrected chi connectivity index (χ2v) is 6.74. The van der Waals surface area contributed by atoms with Crippen molar-refractivity contribution in [2.45, 2.75) is 6.92 Å². The number of fused-ring (bicyclic) bond motifs is 1. The fourth-order valence-electron chi connectivity index (χ4n) is 3.00. The number of benzene rings is 3. The average molecular weight is 402 g/mol. The summed E-state index contributed by atoms with van der Waals surface area (Å²) in [5.41, 5.74) is 3.58. The number of aromatic amines is 1. The number of nitro benzene ring substituents is 1. The van der Waals surface area contributed by atoms with Crippen LogP contribution in [0.3, 0.4) is 0 Å². The number of H-pyrrole nitrogens is 1. The molecule has 1 heterocycles. The Morgan fingerprint density at radius 2 is 1.90 bits per heavy atom. The largest absolute Gasteiger partial charge is 0.483 e. The van der Waals surface area contributed by atoms with E-state index in [1.807, 2.05) is 37.3 Å². The van der Waals surface area contributed by atoms with Crippen LogP contribution in [0.5, 0.6) is 5.75 Å². The smallest absolute Gasteiger partial charge is 0.271 e. The van der Waals surface area contributed by atoms with E-state index in [1.165, 1.54) is 12.1 Å². The Bertz CT molecular complexity index is 1230. The lowest BCUT2D eigenvalue weighted by Gasteiger charge is -2.10. The minimum absolute atomic E-state index is 0.0185. The van der Waals surface area contributed by atoms with E-state index >= 15 is 0 Å². The third-order valence-corrected chi connectivity index (χ3v) is 4.51. The molecule has 3 aromatic carbocycles. The summed E-state index contributed by atoms with van der Waals surface area (Å²) in [7, 11) is 0. The molecule has 0 radical (unpaired) electrons. The Balaban J connectivity index is 1.52. The molecule has 0 atom stereocenters. The number of anilines is 1. The van der Waals surface area contributed by atoms with Crippen molar-refractivity contribution in [1.82, 2.24) is 9.97 Å². The number of nitrogens with zero attached hydrogens (tertiary/aromatic N) is 2. The number of aromatic nitrogens is 2. The lowest BCUT2D eigenvalue weighted by molar-refractivity contribution is -0.384. The van der Waals surface area contributed by atoms with Crippen LogP contribution < -0.4 is 10.1 Å². The van der Waals surface area contributed by atoms with E-state index in [-0.39, 0.29) is 18.2 Å². The van der Waals surface area contributed by atoms with Crippen molar-refractivity contribution in [3.05, 3.63) is 82.4 Å². The van der Waals surface area contributed by atoms with Gasteiger partial charge in [0.2, 0.25) is 0 Å². The summed E-state index contributed by atoms with van der Waals surface area (Å²) in [5.74, 6) is 0.694. The van der Waals surface area contributed by atoms with E-state index < -0.39 is 4.92 Å². The first-order chi connectivity index (χ1) is 14.5. The Labute approximate surface area is 171 Å². The normalized spacial score (nSPS) is 10.7. The van der Waals surface area contributed by atoms with Gasteiger partial charge in [0.15, 0.2) is 6.61 Å². The van der Waals surface area contributed by atoms with Gasteiger partial charge in [-0.15, -0.1) is 0 Å². The monoisotopic (exact) mass is 402 g/mol. The summed E-state index contributed by atoms with van der Waals surface area (Å²) in [6.07, 6.45) is 0. The predicted octanol–water partition coefficient (Wildman–Crippen LogP) is 4.46. The first-order valence-electron chi connectivity index (χ1n) is 9.22. The quantitative estimate of drug-likeness (QED) is 0.365. The number of rotatable bonds is 6. The first-order valence-corrected chi connectivity index (χ1v) is 9.22. The molecule has 4 rings (SSSR count). The highest BCUT2D eigenvalue weighted by molar-refractivity contribution is 5.92. The molecule has 0 fully saturated rings. The highest BCUT2D eigenvalue weighted by atomic mass is 16.6. The van der Waals surface area contributed by atoms with E-state index in [0.29, 0.717) is 33.9 Å². The van der Waals surface area contributed by atoms with E-state index in [9.17, 15) is 14.9 Å². The van der Waals surface area contributed by atoms with Gasteiger partial charge in [0, 0.05) is 17.8 Å². The third-order valence-electron chi connectivity index (χ3n) is 4.51. The topological polar surface area (TPSA) is 110 Å². The standard InChI is InChI=1S/C22H18N4O4/c1-14-6-8-15(9-7-14)23-21(27)13-30-20-5-3-2-4-17(20)22-24-18-11-10-16(26(28)29)12-19(18)25-22/h2-12H,13H2,1H3,(H,23,27)(H,24,25). The molecule has 0 saturated heterocycles. The van der Waals surface area contributed by atoms with Crippen LogP contribution in [-0.4, -0.2) is 27.4 Å². The molecular weight excluding hydrogens is 384 g/mol. The van der Waals surface area contributed by atoms with E-state index in [1.54, 1.807) is 24.3 Å². The number of imidazole rings is 1. The highest BCUT2D eigenvalue weighted by Gasteiger charge is 2.14. The summed E-state index contributed by atoms with van der Waals surface area (Å²) in [6.45, 7) is 1.80. The summed E-state index contributed by atoms with van der Waals surface area (Å²) in [6, 6.07) is 19.1. The van der Waals surface area contributed by atoms with Crippen LogP contribution in [0.25, 0.3) is 22.4 Å². The summed E-state index contributed by atoms with van der Waals surface area (Å²) in [5, 5.41) is 13.8. The zero-order valence-corrected chi connectivity index (χ0v) is 16.1. The number of hydrogen-bond acceptors (Lipinski definition) is 5. The van der Waals surface area contributed by atoms with Crippen LogP contribution in [0.2, 0.25) is 0 Å². The number of amides is 1. The number of nitro groups is 1. The average Bonchev–Trinajstić information content (AvgIpc) is 3.17. The van der Waals surface area contributed by atoms with Crippen molar-refractivity contribution in [3.63, 3.8) is 0 Å². The third kappa shape index (κ3) is 4.12. The number of non-ortho nitro benzene ring substituents is 1. The lowest BCUT2D eigenvalue weighted by atomic mass is 10.2. The van der Waals surface area contributed by atoms with E-state index in [0.717, 1.165) is 5.56 Å². The summed E-state index contributed by atoms with van der Waals surface area (Å²) < 4.78 is 5.73. The van der Waals surface area contributed by atoms with E-state index in [4.69, 9.17) is 4.74 Å². The van der Waals surface area contributed by atoms with Gasteiger partial charge in [-0.2, -0.15) is 0 Å². The van der Waals surface area contributed by atoms with Crippen molar-refractivity contribution >= 4 is 28.3 Å². The second-order valence-electron chi connectivity index (χ2n) is 6.74. The van der Waals surface area contributed by atoms with Gasteiger partial charge in [-0.3, -0.25) is 14.9 Å². The molecule has 0 saturated carbocycles. The van der Waals surface area contributed by atoms with Gasteiger partial charge in [0.25, 0.3) is 11.6 Å². The molecule has 30 heavy (non-hydrogen) atoms. The van der Waals surface area contributed by atoms with Crippen molar-refractivity contribution in [2.24, 2.45) is 0 Å². The number of aryl methyl sites for hydroxylation is 1. The molecule has 0 aliphatic rings. The molecule has 8 nitrogen and oxygen atoms in total. The number of nitrogens with one attached hydrogen (secondary N) is 2. The number of para-hydroxylation sites is 1. The fraction of sp³-hybridized carbons (Fsp3) is 0.0909. The minimum atomic E-state index is -0.455. The van der Waals surface area contributed by atoms with Crippen molar-refractivity contribution in [1.29, 1.82) is 0 Å². The molecule has 0 unspecified atom stereocenters. The van der Waals surface area contributed by atoms with Gasteiger partial charge in [-0.25, -0.2) is 4.98 Å². The Morgan fingerprint density at radius 1 is 1.13 bits per heavy atom. The maximum Gasteiger partial charge on any atom is 0.271 e. The Kier molecular flexibility index (Phi) is 5.13. The molecule has 8 heteroatoms. The predicted molar refractivity (Wildman–Crippen MR) is 113 cm³/mol. The molecule has 150 valence electrons. The molecule has 4 aromatic rings. The van der Waals surface area contributed by atoms with Gasteiger partial charge in [0.1, 0.15) is 11.6 Å². The van der Waals surface area contributed by atoms with Gasteiger partial charge in [-0.1, -0.05) is 29.8 Å². The van der Waals surface area contributed by atoms with Gasteiger partial charge in [0.05, 0.1) is 21.5 Å². The van der Waals surface area contributed by atoms with Gasteiger partial charge >= 0.3 is 0 Å². The van der Waals surface area contributed by atoms with Crippen molar-refractivity contribution < 1.29 is 14.5 Å². The fourth-order valence-corrected chi connectivity index (χ4v) is 3.00. The zero-order chi connectivity index (χ0) is 21.1. The van der Waals surface area contributed by atoms with Crippen LogP contribution in [0, 0.1) is 17.0 Å². The molecule has 2 N–H and O–H groups in total. The van der Waals surface area contributed by atoms with Crippen molar-refractivity contribution in [2.75, 3.05) is 11.9 Å². The van der Waals surface area contributed by atoms with Crippen LogP contribution >= 0.6 is 0 Å². The van der Waals surface area contributed by atoms with Gasteiger partial charge in [-0.05, 0) is 37.3 Å². The lowest BCUT2D eigenvalue weighted by Crippen LogP contribution is -2.20. The van der Waals surface area contributed by atoms with Crippen LogP contribution in [0.4, 0.5) is 11.4 Å². The molecule has 0 bridgehead atoms.